The van der Waals surface area contributed by atoms with Crippen LogP contribution in [0, 0.1) is 0 Å². The second kappa shape index (κ2) is 4.93. The number of hydrogen-bond acceptors (Lipinski definition) is 4. The van der Waals surface area contributed by atoms with Crippen LogP contribution in [0.25, 0.3) is 0 Å². The third-order valence-corrected chi connectivity index (χ3v) is 2.37. The number of nitrogens with zero attached hydrogens (tertiary/aromatic N) is 2. The van der Waals surface area contributed by atoms with Crippen LogP contribution >= 0.6 is 11.6 Å². The van der Waals surface area contributed by atoms with E-state index in [-0.39, 0.29) is 22.6 Å². The number of anilines is 1. The van der Waals surface area contributed by atoms with Gasteiger partial charge in [0.2, 0.25) is 11.8 Å². The summed E-state index contributed by atoms with van der Waals surface area (Å²) in [6, 6.07) is 4.35. The molecule has 19 heavy (non-hydrogen) atoms. The molecule has 1 aromatic heterocycles. The van der Waals surface area contributed by atoms with E-state index in [0.29, 0.717) is 0 Å². The van der Waals surface area contributed by atoms with Gasteiger partial charge in [-0.3, -0.25) is 0 Å². The zero-order valence-corrected chi connectivity index (χ0v) is 10.0. The molecule has 100 valence electrons. The number of hydrogen-bond donors (Lipinski definition) is 1. The summed E-state index contributed by atoms with van der Waals surface area (Å²) in [7, 11) is 0. The van der Waals surface area contributed by atoms with Crippen LogP contribution in [0.2, 0.25) is 5.02 Å². The van der Waals surface area contributed by atoms with Crippen LogP contribution in [0.3, 0.4) is 0 Å². The highest BCUT2D eigenvalue weighted by Crippen LogP contribution is 2.33. The first-order valence-electron chi connectivity index (χ1n) is 4.99. The minimum Gasteiger partial charge on any atom is -0.437 e. The Balaban J connectivity index is 2.31. The van der Waals surface area contributed by atoms with Crippen molar-refractivity contribution in [3.8, 4) is 11.6 Å². The molecule has 0 fully saturated rings. The van der Waals surface area contributed by atoms with Crippen molar-refractivity contribution < 1.29 is 17.9 Å². The van der Waals surface area contributed by atoms with Gasteiger partial charge in [-0.25, -0.2) is 4.98 Å². The first-order valence-corrected chi connectivity index (χ1v) is 5.37. The maximum atomic E-state index is 12.5. The predicted molar refractivity (Wildman–Crippen MR) is 63.0 cm³/mol. The van der Waals surface area contributed by atoms with Gasteiger partial charge in [0, 0.05) is 0 Å². The Bertz CT molecular complexity index is 604. The zero-order chi connectivity index (χ0) is 14.0. The Hall–Kier alpha value is -2.02. The lowest BCUT2D eigenvalue weighted by Gasteiger charge is -2.10. The summed E-state index contributed by atoms with van der Waals surface area (Å²) in [5.41, 5.74) is 4.51. The molecule has 0 saturated carbocycles. The molecule has 1 heterocycles. The Morgan fingerprint density at radius 1 is 1.26 bits per heavy atom. The molecule has 2 N–H and O–H groups in total. The molecule has 0 aliphatic rings. The van der Waals surface area contributed by atoms with Gasteiger partial charge in [-0.15, -0.1) is 0 Å². The Morgan fingerprint density at radius 2 is 2.00 bits per heavy atom. The van der Waals surface area contributed by atoms with Crippen molar-refractivity contribution in [2.24, 2.45) is 0 Å². The number of rotatable bonds is 2. The molecule has 4 nitrogen and oxygen atoms in total. The van der Waals surface area contributed by atoms with Crippen molar-refractivity contribution in [1.29, 1.82) is 0 Å². The molecular weight excluding hydrogens is 283 g/mol. The van der Waals surface area contributed by atoms with Crippen molar-refractivity contribution in [3.63, 3.8) is 0 Å². The van der Waals surface area contributed by atoms with Gasteiger partial charge in [-0.05, 0) is 18.2 Å². The molecule has 0 aliphatic carbocycles. The lowest BCUT2D eigenvalue weighted by molar-refractivity contribution is -0.137. The molecular formula is C11H7ClF3N3O. The Morgan fingerprint density at radius 3 is 2.68 bits per heavy atom. The van der Waals surface area contributed by atoms with Crippen LogP contribution in [0.4, 0.5) is 19.1 Å². The molecule has 0 bridgehead atoms. The van der Waals surface area contributed by atoms with Crippen molar-refractivity contribution >= 4 is 17.5 Å². The average molecular weight is 290 g/mol. The highest BCUT2D eigenvalue weighted by Gasteiger charge is 2.30. The van der Waals surface area contributed by atoms with Crippen molar-refractivity contribution in [3.05, 3.63) is 41.0 Å². The molecule has 0 radical (unpaired) electrons. The van der Waals surface area contributed by atoms with Gasteiger partial charge in [0.25, 0.3) is 0 Å². The van der Waals surface area contributed by atoms with Gasteiger partial charge in [0.1, 0.15) is 10.8 Å². The minimum absolute atomic E-state index is 0.0465. The summed E-state index contributed by atoms with van der Waals surface area (Å²) in [5.74, 6) is -0.241. The summed E-state index contributed by atoms with van der Waals surface area (Å²) in [4.78, 5) is 7.30. The molecule has 8 heteroatoms. The lowest BCUT2D eigenvalue weighted by atomic mass is 10.2. The van der Waals surface area contributed by atoms with Crippen LogP contribution in [0.1, 0.15) is 5.56 Å². The fourth-order valence-electron chi connectivity index (χ4n) is 1.28. The van der Waals surface area contributed by atoms with Crippen molar-refractivity contribution in [2.75, 3.05) is 5.73 Å². The van der Waals surface area contributed by atoms with E-state index in [0.717, 1.165) is 12.1 Å². The van der Waals surface area contributed by atoms with Crippen LogP contribution in [-0.2, 0) is 6.18 Å². The lowest BCUT2D eigenvalue weighted by Crippen LogP contribution is -2.04. The average Bonchev–Trinajstić information content (AvgIpc) is 2.33. The van der Waals surface area contributed by atoms with Gasteiger partial charge in [0.15, 0.2) is 0 Å². The van der Waals surface area contributed by atoms with Gasteiger partial charge in [0.05, 0.1) is 11.8 Å². The van der Waals surface area contributed by atoms with E-state index in [1.54, 1.807) is 0 Å². The quantitative estimate of drug-likeness (QED) is 0.919. The smallest absolute Gasteiger partial charge is 0.416 e. The molecule has 0 unspecified atom stereocenters. The topological polar surface area (TPSA) is 61.0 Å². The molecule has 2 aromatic rings. The third-order valence-electron chi connectivity index (χ3n) is 2.11. The summed E-state index contributed by atoms with van der Waals surface area (Å²) in [6.45, 7) is 0. The maximum absolute atomic E-state index is 12.5. The largest absolute Gasteiger partial charge is 0.437 e. The van der Waals surface area contributed by atoms with Gasteiger partial charge < -0.3 is 10.5 Å². The first-order chi connectivity index (χ1) is 8.86. The van der Waals surface area contributed by atoms with E-state index < -0.39 is 11.7 Å². The van der Waals surface area contributed by atoms with Crippen molar-refractivity contribution in [2.45, 2.75) is 6.18 Å². The predicted octanol–water partition coefficient (Wildman–Crippen LogP) is 3.52. The fraction of sp³-hybridized carbons (Fsp3) is 0.0909. The SMILES string of the molecule is Nc1ncc(Cl)c(Oc2cccc(C(F)(F)F)c2)n1. The minimum atomic E-state index is -4.45. The number of benzene rings is 1. The van der Waals surface area contributed by atoms with E-state index in [9.17, 15) is 13.2 Å². The maximum Gasteiger partial charge on any atom is 0.416 e. The number of alkyl halides is 3. The number of halogens is 4. The van der Waals surface area contributed by atoms with E-state index >= 15 is 0 Å². The Labute approximate surface area is 111 Å². The highest BCUT2D eigenvalue weighted by molar-refractivity contribution is 6.31. The number of ether oxygens (including phenoxy) is 1. The summed E-state index contributed by atoms with van der Waals surface area (Å²) < 4.78 is 42.7. The van der Waals surface area contributed by atoms with E-state index in [2.05, 4.69) is 9.97 Å². The number of nitrogen functional groups attached to an aromatic ring is 1. The summed E-state index contributed by atoms with van der Waals surface area (Å²) in [5, 5.41) is 0.0478. The van der Waals surface area contributed by atoms with Gasteiger partial charge >= 0.3 is 6.18 Å². The summed E-state index contributed by atoms with van der Waals surface area (Å²) >= 11 is 5.75. The zero-order valence-electron chi connectivity index (χ0n) is 9.28. The van der Waals surface area contributed by atoms with Crippen molar-refractivity contribution in [1.82, 2.24) is 9.97 Å². The normalized spacial score (nSPS) is 11.4. The molecule has 0 saturated heterocycles. The van der Waals surface area contributed by atoms with Crippen LogP contribution in [0.5, 0.6) is 11.6 Å². The molecule has 2 rings (SSSR count). The summed E-state index contributed by atoms with van der Waals surface area (Å²) in [6.07, 6.45) is -3.25. The number of nitrogens with two attached hydrogens (primary N) is 1. The van der Waals surface area contributed by atoms with Crippen LogP contribution < -0.4 is 10.5 Å². The Kier molecular flexibility index (Phi) is 3.48. The van der Waals surface area contributed by atoms with Crippen LogP contribution in [-0.4, -0.2) is 9.97 Å². The van der Waals surface area contributed by atoms with Gasteiger partial charge in [-0.2, -0.15) is 18.2 Å². The number of aromatic nitrogens is 2. The first kappa shape index (κ1) is 13.4. The highest BCUT2D eigenvalue weighted by atomic mass is 35.5. The van der Waals surface area contributed by atoms with E-state index in [1.165, 1.54) is 18.3 Å². The standard InChI is InChI=1S/C11H7ClF3N3O/c12-8-5-17-10(16)18-9(8)19-7-3-1-2-6(4-7)11(13,14)15/h1-5H,(H2,16,17,18). The molecule has 0 atom stereocenters. The molecule has 1 aromatic carbocycles. The molecule has 0 amide bonds. The second-order valence-corrected chi connectivity index (χ2v) is 3.92. The molecule has 0 spiro atoms. The van der Waals surface area contributed by atoms with Gasteiger partial charge in [-0.1, -0.05) is 17.7 Å². The fourth-order valence-corrected chi connectivity index (χ4v) is 1.41. The van der Waals surface area contributed by atoms with E-state index in [1.807, 2.05) is 0 Å². The monoisotopic (exact) mass is 289 g/mol. The second-order valence-electron chi connectivity index (χ2n) is 3.51. The van der Waals surface area contributed by atoms with Crippen LogP contribution in [0.15, 0.2) is 30.5 Å². The third kappa shape index (κ3) is 3.25. The molecule has 0 aliphatic heterocycles. The van der Waals surface area contributed by atoms with E-state index in [4.69, 9.17) is 22.1 Å².